The van der Waals surface area contributed by atoms with Crippen LogP contribution < -0.4 is 0 Å². The molecule has 1 N–H and O–H groups in total. The number of aliphatic carboxylic acids is 1. The molecule has 0 spiro atoms. The average Bonchev–Trinajstić information content (AvgIpc) is 2.04. The van der Waals surface area contributed by atoms with E-state index in [-0.39, 0.29) is 12.3 Å². The standard InChI is InChI=1S/C11H16O2/c1-8-3-5-10(6-4-8)9(2)7-11(12)13/h3-5,9-10H,6-7H2,1-2H3,(H,12,13)/t9?,10-/m1/s1. The van der Waals surface area contributed by atoms with Crippen LogP contribution in [0.4, 0.5) is 0 Å². The van der Waals surface area contributed by atoms with Crippen molar-refractivity contribution in [1.29, 1.82) is 0 Å². The molecule has 1 aliphatic rings. The summed E-state index contributed by atoms with van der Waals surface area (Å²) in [4.78, 5) is 10.5. The highest BCUT2D eigenvalue weighted by Gasteiger charge is 2.17. The number of hydrogen-bond acceptors (Lipinski definition) is 1. The summed E-state index contributed by atoms with van der Waals surface area (Å²) in [6.45, 7) is 4.06. The molecular formula is C11H16O2. The van der Waals surface area contributed by atoms with Crippen LogP contribution in [0.3, 0.4) is 0 Å². The molecule has 0 fully saturated rings. The van der Waals surface area contributed by atoms with Gasteiger partial charge >= 0.3 is 5.97 Å². The van der Waals surface area contributed by atoms with E-state index in [2.05, 4.69) is 25.2 Å². The summed E-state index contributed by atoms with van der Waals surface area (Å²) >= 11 is 0. The van der Waals surface area contributed by atoms with Crippen LogP contribution in [0.1, 0.15) is 26.7 Å². The van der Waals surface area contributed by atoms with Crippen LogP contribution in [-0.4, -0.2) is 11.1 Å². The molecule has 13 heavy (non-hydrogen) atoms. The summed E-state index contributed by atoms with van der Waals surface area (Å²) in [7, 11) is 0. The van der Waals surface area contributed by atoms with Crippen molar-refractivity contribution >= 4 is 5.97 Å². The molecule has 2 nitrogen and oxygen atoms in total. The lowest BCUT2D eigenvalue weighted by molar-refractivity contribution is -0.138. The quantitative estimate of drug-likeness (QED) is 0.724. The van der Waals surface area contributed by atoms with Crippen molar-refractivity contribution in [2.24, 2.45) is 11.8 Å². The van der Waals surface area contributed by atoms with Gasteiger partial charge in [0.25, 0.3) is 0 Å². The minimum atomic E-state index is -0.702. The molecular weight excluding hydrogens is 164 g/mol. The van der Waals surface area contributed by atoms with Gasteiger partial charge in [-0.05, 0) is 25.2 Å². The molecule has 2 atom stereocenters. The molecule has 0 aromatic carbocycles. The molecule has 0 radical (unpaired) electrons. The first-order chi connectivity index (χ1) is 6.09. The molecule has 0 aromatic rings. The Morgan fingerprint density at radius 1 is 1.77 bits per heavy atom. The Labute approximate surface area is 79.0 Å². The van der Waals surface area contributed by atoms with Gasteiger partial charge in [-0.25, -0.2) is 0 Å². The number of carboxylic acid groups (broad SMARTS) is 1. The Hall–Kier alpha value is -1.05. The monoisotopic (exact) mass is 180 g/mol. The zero-order chi connectivity index (χ0) is 9.84. The van der Waals surface area contributed by atoms with E-state index in [1.807, 2.05) is 6.92 Å². The maximum Gasteiger partial charge on any atom is 0.303 e. The Balaban J connectivity index is 2.47. The summed E-state index contributed by atoms with van der Waals surface area (Å²) in [5.41, 5.74) is 1.28. The highest BCUT2D eigenvalue weighted by molar-refractivity contribution is 5.67. The molecule has 0 saturated heterocycles. The smallest absolute Gasteiger partial charge is 0.303 e. The Bertz CT molecular complexity index is 251. The summed E-state index contributed by atoms with van der Waals surface area (Å²) in [6, 6.07) is 0. The van der Waals surface area contributed by atoms with Gasteiger partial charge in [0.1, 0.15) is 0 Å². The molecule has 1 rings (SSSR count). The van der Waals surface area contributed by atoms with Gasteiger partial charge in [0.2, 0.25) is 0 Å². The molecule has 1 aliphatic carbocycles. The van der Waals surface area contributed by atoms with Crippen molar-refractivity contribution in [3.63, 3.8) is 0 Å². The molecule has 2 heteroatoms. The third kappa shape index (κ3) is 3.05. The van der Waals surface area contributed by atoms with Gasteiger partial charge in [0.15, 0.2) is 0 Å². The van der Waals surface area contributed by atoms with Crippen molar-refractivity contribution < 1.29 is 9.90 Å². The fourth-order valence-electron chi connectivity index (χ4n) is 1.59. The summed E-state index contributed by atoms with van der Waals surface area (Å²) in [5, 5.41) is 8.63. The van der Waals surface area contributed by atoms with Gasteiger partial charge in [-0.15, -0.1) is 0 Å². The maximum atomic E-state index is 10.5. The first kappa shape index (κ1) is 10.0. The van der Waals surface area contributed by atoms with Crippen LogP contribution in [0.5, 0.6) is 0 Å². The summed E-state index contributed by atoms with van der Waals surface area (Å²) in [6.07, 6.45) is 7.62. The second-order valence-electron chi connectivity index (χ2n) is 3.78. The van der Waals surface area contributed by atoms with Crippen LogP contribution in [-0.2, 0) is 4.79 Å². The Morgan fingerprint density at radius 3 is 2.92 bits per heavy atom. The van der Waals surface area contributed by atoms with Gasteiger partial charge in [-0.2, -0.15) is 0 Å². The van der Waals surface area contributed by atoms with Gasteiger partial charge in [0.05, 0.1) is 0 Å². The van der Waals surface area contributed by atoms with E-state index in [9.17, 15) is 4.79 Å². The van der Waals surface area contributed by atoms with Gasteiger partial charge in [-0.1, -0.05) is 30.7 Å². The molecule has 72 valence electrons. The third-order valence-corrected chi connectivity index (χ3v) is 2.55. The van der Waals surface area contributed by atoms with Gasteiger partial charge in [-0.3, -0.25) is 4.79 Å². The molecule has 0 bridgehead atoms. The summed E-state index contributed by atoms with van der Waals surface area (Å²) in [5.74, 6) is -0.0647. The van der Waals surface area contributed by atoms with E-state index < -0.39 is 5.97 Å². The van der Waals surface area contributed by atoms with E-state index in [1.54, 1.807) is 0 Å². The SMILES string of the molecule is CC1=CC[C@H](C(C)CC(=O)O)C=C1. The molecule has 0 heterocycles. The van der Waals surface area contributed by atoms with Crippen LogP contribution in [0, 0.1) is 11.8 Å². The van der Waals surface area contributed by atoms with E-state index in [0.29, 0.717) is 5.92 Å². The maximum absolute atomic E-state index is 10.5. The van der Waals surface area contributed by atoms with Gasteiger partial charge in [0, 0.05) is 6.42 Å². The molecule has 0 saturated carbocycles. The predicted octanol–water partition coefficient (Wildman–Crippen LogP) is 2.62. The van der Waals surface area contributed by atoms with Crippen molar-refractivity contribution in [3.05, 3.63) is 23.8 Å². The lowest BCUT2D eigenvalue weighted by Gasteiger charge is -2.20. The number of carboxylic acids is 1. The normalized spacial score (nSPS) is 23.8. The molecule has 0 aromatic heterocycles. The minimum Gasteiger partial charge on any atom is -0.481 e. The first-order valence-corrected chi connectivity index (χ1v) is 4.66. The van der Waals surface area contributed by atoms with Crippen LogP contribution in [0.25, 0.3) is 0 Å². The second kappa shape index (κ2) is 4.26. The number of hydrogen-bond donors (Lipinski definition) is 1. The molecule has 0 aliphatic heterocycles. The lowest BCUT2D eigenvalue weighted by Crippen LogP contribution is -2.14. The zero-order valence-electron chi connectivity index (χ0n) is 8.16. The van der Waals surface area contributed by atoms with E-state index in [1.165, 1.54) is 5.57 Å². The fraction of sp³-hybridized carbons (Fsp3) is 0.545. The zero-order valence-corrected chi connectivity index (χ0v) is 8.16. The Morgan fingerprint density at radius 2 is 2.46 bits per heavy atom. The summed E-state index contributed by atoms with van der Waals surface area (Å²) < 4.78 is 0. The van der Waals surface area contributed by atoms with Crippen LogP contribution >= 0.6 is 0 Å². The Kier molecular flexibility index (Phi) is 3.29. The van der Waals surface area contributed by atoms with Gasteiger partial charge < -0.3 is 5.11 Å². The van der Waals surface area contributed by atoms with Crippen molar-refractivity contribution in [1.82, 2.24) is 0 Å². The topological polar surface area (TPSA) is 37.3 Å². The predicted molar refractivity (Wildman–Crippen MR) is 52.4 cm³/mol. The van der Waals surface area contributed by atoms with Crippen molar-refractivity contribution in [2.75, 3.05) is 0 Å². The van der Waals surface area contributed by atoms with E-state index in [4.69, 9.17) is 5.11 Å². The van der Waals surface area contributed by atoms with Crippen LogP contribution in [0.15, 0.2) is 23.8 Å². The minimum absolute atomic E-state index is 0.234. The fourth-order valence-corrected chi connectivity index (χ4v) is 1.59. The second-order valence-corrected chi connectivity index (χ2v) is 3.78. The molecule has 0 amide bonds. The lowest BCUT2D eigenvalue weighted by atomic mass is 9.85. The highest BCUT2D eigenvalue weighted by Crippen LogP contribution is 2.25. The largest absolute Gasteiger partial charge is 0.481 e. The number of allylic oxidation sites excluding steroid dienone is 4. The number of carbonyl (C=O) groups is 1. The molecule has 1 unspecified atom stereocenters. The number of rotatable bonds is 3. The van der Waals surface area contributed by atoms with Crippen LogP contribution in [0.2, 0.25) is 0 Å². The van der Waals surface area contributed by atoms with Crippen molar-refractivity contribution in [3.8, 4) is 0 Å². The van der Waals surface area contributed by atoms with Crippen molar-refractivity contribution in [2.45, 2.75) is 26.7 Å². The highest BCUT2D eigenvalue weighted by atomic mass is 16.4. The average molecular weight is 180 g/mol. The van der Waals surface area contributed by atoms with E-state index in [0.717, 1.165) is 6.42 Å². The van der Waals surface area contributed by atoms with E-state index >= 15 is 0 Å². The first-order valence-electron chi connectivity index (χ1n) is 4.66. The third-order valence-electron chi connectivity index (χ3n) is 2.55.